The second-order valence-electron chi connectivity index (χ2n) is 6.28. The minimum atomic E-state index is -4.03. The molecular weight excluding hydrogens is 376 g/mol. The third kappa shape index (κ3) is 4.33. The Morgan fingerprint density at radius 3 is 2.41 bits per heavy atom. The van der Waals surface area contributed by atoms with Gasteiger partial charge in [-0.25, -0.2) is 22.0 Å². The molecule has 1 aliphatic rings. The van der Waals surface area contributed by atoms with Gasteiger partial charge in [-0.05, 0) is 37.1 Å². The van der Waals surface area contributed by atoms with E-state index in [1.807, 2.05) is 0 Å². The number of carbonyl (C=O) groups excluding carboxylic acids is 1. The maximum Gasteiger partial charge on any atom is 0.338 e. The normalized spacial score (nSPS) is 15.5. The van der Waals surface area contributed by atoms with E-state index >= 15 is 0 Å². The van der Waals surface area contributed by atoms with Crippen molar-refractivity contribution in [3.63, 3.8) is 0 Å². The Morgan fingerprint density at radius 2 is 1.70 bits per heavy atom. The number of hydrogen-bond donors (Lipinski definition) is 0. The Labute approximate surface area is 156 Å². The van der Waals surface area contributed by atoms with Gasteiger partial charge in [0.15, 0.2) is 0 Å². The van der Waals surface area contributed by atoms with Crippen molar-refractivity contribution in [1.29, 1.82) is 0 Å². The zero-order valence-electron chi connectivity index (χ0n) is 14.5. The van der Waals surface area contributed by atoms with E-state index in [1.54, 1.807) is 6.07 Å². The van der Waals surface area contributed by atoms with Crippen LogP contribution in [0.5, 0.6) is 0 Å². The monoisotopic (exact) mass is 395 g/mol. The summed E-state index contributed by atoms with van der Waals surface area (Å²) in [7, 11) is -4.03. The molecule has 1 saturated heterocycles. The summed E-state index contributed by atoms with van der Waals surface area (Å²) in [6, 6.07) is 8.88. The summed E-state index contributed by atoms with van der Waals surface area (Å²) in [5.74, 6) is -2.29. The summed E-state index contributed by atoms with van der Waals surface area (Å²) in [5.41, 5.74) is 0.0810. The SMILES string of the molecule is O=C(OCc1ccccc1F)c1ccc(F)c(S(=O)(=O)N2CCCCC2)c1. The van der Waals surface area contributed by atoms with E-state index in [4.69, 9.17) is 4.74 Å². The average molecular weight is 395 g/mol. The lowest BCUT2D eigenvalue weighted by atomic mass is 10.2. The molecule has 5 nitrogen and oxygen atoms in total. The number of benzene rings is 2. The largest absolute Gasteiger partial charge is 0.457 e. The van der Waals surface area contributed by atoms with Gasteiger partial charge in [0.2, 0.25) is 10.0 Å². The van der Waals surface area contributed by atoms with E-state index in [-0.39, 0.29) is 17.7 Å². The molecule has 144 valence electrons. The van der Waals surface area contributed by atoms with Crippen LogP contribution in [0.2, 0.25) is 0 Å². The molecule has 0 aromatic heterocycles. The molecule has 1 fully saturated rings. The average Bonchev–Trinajstić information content (AvgIpc) is 2.68. The molecule has 27 heavy (non-hydrogen) atoms. The highest BCUT2D eigenvalue weighted by atomic mass is 32.2. The molecular formula is C19H19F2NO4S. The molecule has 0 aliphatic carbocycles. The Kier molecular flexibility index (Phi) is 5.86. The van der Waals surface area contributed by atoms with Gasteiger partial charge in [0.1, 0.15) is 23.1 Å². The van der Waals surface area contributed by atoms with Crippen molar-refractivity contribution in [2.75, 3.05) is 13.1 Å². The summed E-state index contributed by atoms with van der Waals surface area (Å²) in [6.45, 7) is 0.338. The van der Waals surface area contributed by atoms with Crippen LogP contribution in [0.15, 0.2) is 47.4 Å². The minimum absolute atomic E-state index is 0.108. The lowest BCUT2D eigenvalue weighted by molar-refractivity contribution is 0.0468. The van der Waals surface area contributed by atoms with Crippen molar-refractivity contribution in [3.8, 4) is 0 Å². The van der Waals surface area contributed by atoms with Crippen molar-refractivity contribution < 1.29 is 26.7 Å². The fourth-order valence-electron chi connectivity index (χ4n) is 2.91. The number of sulfonamides is 1. The van der Waals surface area contributed by atoms with Crippen LogP contribution in [-0.2, 0) is 21.4 Å². The summed E-state index contributed by atoms with van der Waals surface area (Å²) >= 11 is 0. The van der Waals surface area contributed by atoms with Gasteiger partial charge in [-0.1, -0.05) is 24.6 Å². The van der Waals surface area contributed by atoms with Gasteiger partial charge in [0.25, 0.3) is 0 Å². The van der Waals surface area contributed by atoms with E-state index < -0.39 is 32.5 Å². The van der Waals surface area contributed by atoms with Gasteiger partial charge in [-0.2, -0.15) is 4.31 Å². The first-order valence-corrected chi connectivity index (χ1v) is 10.0. The van der Waals surface area contributed by atoms with Gasteiger partial charge in [-0.15, -0.1) is 0 Å². The van der Waals surface area contributed by atoms with Crippen molar-refractivity contribution >= 4 is 16.0 Å². The molecule has 2 aromatic carbocycles. The molecule has 0 N–H and O–H groups in total. The Balaban J connectivity index is 1.80. The third-order valence-electron chi connectivity index (χ3n) is 4.42. The topological polar surface area (TPSA) is 63.7 Å². The first-order chi connectivity index (χ1) is 12.9. The molecule has 0 bridgehead atoms. The number of hydrogen-bond acceptors (Lipinski definition) is 4. The number of rotatable bonds is 5. The first kappa shape index (κ1) is 19.4. The first-order valence-electron chi connectivity index (χ1n) is 8.60. The summed E-state index contributed by atoms with van der Waals surface area (Å²) < 4.78 is 59.4. The molecule has 3 rings (SSSR count). The van der Waals surface area contributed by atoms with Crippen LogP contribution in [0.4, 0.5) is 8.78 Å². The number of halogens is 2. The van der Waals surface area contributed by atoms with E-state index in [0.29, 0.717) is 25.9 Å². The lowest BCUT2D eigenvalue weighted by Crippen LogP contribution is -2.36. The van der Waals surface area contributed by atoms with E-state index in [9.17, 15) is 22.0 Å². The molecule has 0 radical (unpaired) electrons. The smallest absolute Gasteiger partial charge is 0.338 e. The highest BCUT2D eigenvalue weighted by Crippen LogP contribution is 2.24. The van der Waals surface area contributed by atoms with Crippen LogP contribution >= 0.6 is 0 Å². The Hall–Kier alpha value is -2.32. The number of piperidine rings is 1. The standard InChI is InChI=1S/C19H19F2NO4S/c20-16-7-3-2-6-15(16)13-26-19(23)14-8-9-17(21)18(12-14)27(24,25)22-10-4-1-5-11-22/h2-3,6-9,12H,1,4-5,10-11,13H2. The van der Waals surface area contributed by atoms with E-state index in [1.165, 1.54) is 22.5 Å². The minimum Gasteiger partial charge on any atom is -0.457 e. The number of carbonyl (C=O) groups is 1. The molecule has 0 atom stereocenters. The lowest BCUT2D eigenvalue weighted by Gasteiger charge is -2.26. The molecule has 0 saturated carbocycles. The zero-order chi connectivity index (χ0) is 19.4. The molecule has 0 unspecified atom stereocenters. The third-order valence-corrected chi connectivity index (χ3v) is 6.33. The molecule has 1 aliphatic heterocycles. The quantitative estimate of drug-likeness (QED) is 0.727. The van der Waals surface area contributed by atoms with Crippen molar-refractivity contribution in [1.82, 2.24) is 4.31 Å². The van der Waals surface area contributed by atoms with E-state index in [0.717, 1.165) is 24.6 Å². The zero-order valence-corrected chi connectivity index (χ0v) is 15.3. The molecule has 1 heterocycles. The maximum atomic E-state index is 14.2. The van der Waals surface area contributed by atoms with Crippen molar-refractivity contribution in [2.45, 2.75) is 30.8 Å². The second kappa shape index (κ2) is 8.14. The highest BCUT2D eigenvalue weighted by Gasteiger charge is 2.29. The maximum absolute atomic E-state index is 14.2. The van der Waals surface area contributed by atoms with Crippen LogP contribution in [0.3, 0.4) is 0 Å². The number of nitrogens with zero attached hydrogens (tertiary/aromatic N) is 1. The van der Waals surface area contributed by atoms with E-state index in [2.05, 4.69) is 0 Å². The summed E-state index contributed by atoms with van der Waals surface area (Å²) in [4.78, 5) is 11.7. The van der Waals surface area contributed by atoms with Crippen LogP contribution in [0.1, 0.15) is 35.2 Å². The molecule has 8 heteroatoms. The van der Waals surface area contributed by atoms with Gasteiger partial charge < -0.3 is 4.74 Å². The fourth-order valence-corrected chi connectivity index (χ4v) is 4.52. The van der Waals surface area contributed by atoms with Gasteiger partial charge in [0, 0.05) is 18.7 Å². The van der Waals surface area contributed by atoms with Crippen LogP contribution in [0, 0.1) is 11.6 Å². The van der Waals surface area contributed by atoms with Crippen molar-refractivity contribution in [2.24, 2.45) is 0 Å². The van der Waals surface area contributed by atoms with Crippen LogP contribution in [0.25, 0.3) is 0 Å². The second-order valence-corrected chi connectivity index (χ2v) is 8.18. The summed E-state index contributed by atoms with van der Waals surface area (Å²) in [5, 5.41) is 0. The number of ether oxygens (including phenoxy) is 1. The Bertz CT molecular complexity index is 940. The molecule has 0 amide bonds. The van der Waals surface area contributed by atoms with Gasteiger partial charge >= 0.3 is 5.97 Å². The van der Waals surface area contributed by atoms with Gasteiger partial charge in [-0.3, -0.25) is 0 Å². The molecule has 2 aromatic rings. The predicted octanol–water partition coefficient (Wildman–Crippen LogP) is 3.50. The molecule has 0 spiro atoms. The van der Waals surface area contributed by atoms with Gasteiger partial charge in [0.05, 0.1) is 5.56 Å². The fraction of sp³-hybridized carbons (Fsp3) is 0.316. The highest BCUT2D eigenvalue weighted by molar-refractivity contribution is 7.89. The predicted molar refractivity (Wildman–Crippen MR) is 94.5 cm³/mol. The van der Waals surface area contributed by atoms with Crippen LogP contribution < -0.4 is 0 Å². The van der Waals surface area contributed by atoms with Crippen molar-refractivity contribution in [3.05, 3.63) is 65.2 Å². The summed E-state index contributed by atoms with van der Waals surface area (Å²) in [6.07, 6.45) is 2.35. The Morgan fingerprint density at radius 1 is 1.00 bits per heavy atom. The van der Waals surface area contributed by atoms with Crippen LogP contribution in [-0.4, -0.2) is 31.8 Å². The number of esters is 1.